The highest BCUT2D eigenvalue weighted by atomic mass is 16.3. The van der Waals surface area contributed by atoms with Gasteiger partial charge in [-0.2, -0.15) is 0 Å². The Balaban J connectivity index is 2.53. The number of nitrogens with two attached hydrogens (primary N) is 1. The third-order valence-electron chi connectivity index (χ3n) is 2.85. The number of nitrogens with zero attached hydrogens (tertiary/aromatic N) is 1. The molecule has 0 radical (unpaired) electrons. The van der Waals surface area contributed by atoms with Crippen LogP contribution in [0.2, 0.25) is 0 Å². The molecule has 0 aromatic carbocycles. The molecule has 2 unspecified atom stereocenters. The summed E-state index contributed by atoms with van der Waals surface area (Å²) in [6, 6.07) is 2.11. The average molecular weight is 196 g/mol. The highest BCUT2D eigenvalue weighted by Gasteiger charge is 2.11. The zero-order chi connectivity index (χ0) is 10.7. The van der Waals surface area contributed by atoms with Gasteiger partial charge in [0.25, 0.3) is 0 Å². The predicted molar refractivity (Wildman–Crippen MR) is 57.8 cm³/mol. The first kappa shape index (κ1) is 11.3. The molecular formula is C11H20N2O. The average Bonchev–Trinajstić information content (AvgIpc) is 2.43. The van der Waals surface area contributed by atoms with E-state index in [2.05, 4.69) is 23.8 Å². The molecule has 0 saturated heterocycles. The summed E-state index contributed by atoms with van der Waals surface area (Å²) in [6.45, 7) is 4.09. The lowest BCUT2D eigenvalue weighted by Crippen LogP contribution is -2.27. The Morgan fingerprint density at radius 2 is 2.21 bits per heavy atom. The van der Waals surface area contributed by atoms with Gasteiger partial charge >= 0.3 is 0 Å². The molecule has 1 rings (SSSR count). The minimum atomic E-state index is -0.699. The molecule has 0 spiro atoms. The molecule has 1 heterocycles. The molecule has 0 bridgehead atoms. The maximum absolute atomic E-state index is 9.16. The lowest BCUT2D eigenvalue weighted by Gasteiger charge is -2.14. The Bertz CT molecular complexity index is 272. The van der Waals surface area contributed by atoms with Gasteiger partial charge in [0.1, 0.15) is 6.23 Å². The van der Waals surface area contributed by atoms with Crippen LogP contribution in [0.1, 0.15) is 24.6 Å². The maximum Gasteiger partial charge on any atom is 0.105 e. The minimum Gasteiger partial charge on any atom is -0.379 e. The number of hydrogen-bond acceptors (Lipinski definition) is 2. The van der Waals surface area contributed by atoms with E-state index >= 15 is 0 Å². The summed E-state index contributed by atoms with van der Waals surface area (Å²) in [6.07, 6.45) is 3.27. The first-order valence-corrected chi connectivity index (χ1v) is 5.07. The van der Waals surface area contributed by atoms with E-state index in [1.807, 2.05) is 14.0 Å². The van der Waals surface area contributed by atoms with Crippen molar-refractivity contribution in [2.45, 2.75) is 32.9 Å². The first-order chi connectivity index (χ1) is 6.52. The van der Waals surface area contributed by atoms with Crippen LogP contribution in [-0.4, -0.2) is 15.9 Å². The maximum atomic E-state index is 9.16. The molecule has 0 aliphatic rings. The van der Waals surface area contributed by atoms with E-state index in [1.165, 1.54) is 11.3 Å². The van der Waals surface area contributed by atoms with E-state index in [4.69, 9.17) is 10.8 Å². The third-order valence-corrected chi connectivity index (χ3v) is 2.85. The molecule has 3 nitrogen and oxygen atoms in total. The Kier molecular flexibility index (Phi) is 3.72. The van der Waals surface area contributed by atoms with Crippen LogP contribution < -0.4 is 5.73 Å². The van der Waals surface area contributed by atoms with Crippen molar-refractivity contribution in [3.8, 4) is 0 Å². The van der Waals surface area contributed by atoms with Crippen LogP contribution in [0.3, 0.4) is 0 Å². The fourth-order valence-corrected chi connectivity index (χ4v) is 1.60. The van der Waals surface area contributed by atoms with Gasteiger partial charge in [-0.1, -0.05) is 6.92 Å². The summed E-state index contributed by atoms with van der Waals surface area (Å²) in [5.41, 5.74) is 8.04. The zero-order valence-corrected chi connectivity index (χ0v) is 9.20. The Labute approximate surface area is 85.5 Å². The van der Waals surface area contributed by atoms with Crippen molar-refractivity contribution in [1.82, 2.24) is 4.57 Å². The van der Waals surface area contributed by atoms with Crippen LogP contribution in [0.15, 0.2) is 12.3 Å². The molecule has 80 valence electrons. The smallest absolute Gasteiger partial charge is 0.105 e. The number of hydrogen-bond donors (Lipinski definition) is 2. The molecule has 0 aliphatic heterocycles. The second kappa shape index (κ2) is 4.62. The van der Waals surface area contributed by atoms with Gasteiger partial charge in [0.15, 0.2) is 0 Å². The normalized spacial score (nSPS) is 15.5. The Morgan fingerprint density at radius 3 is 2.64 bits per heavy atom. The molecule has 0 saturated carbocycles. The van der Waals surface area contributed by atoms with Gasteiger partial charge in [-0.3, -0.25) is 0 Å². The molecule has 3 heteroatoms. The van der Waals surface area contributed by atoms with Gasteiger partial charge in [0.2, 0.25) is 0 Å². The van der Waals surface area contributed by atoms with Crippen LogP contribution in [0.25, 0.3) is 0 Å². The lowest BCUT2D eigenvalue weighted by molar-refractivity contribution is 0.118. The number of aryl methyl sites for hydroxylation is 2. The number of aromatic nitrogens is 1. The van der Waals surface area contributed by atoms with Crippen molar-refractivity contribution in [1.29, 1.82) is 0 Å². The minimum absolute atomic E-state index is 0.157. The van der Waals surface area contributed by atoms with E-state index in [0.29, 0.717) is 0 Å². The van der Waals surface area contributed by atoms with Crippen LogP contribution in [0.4, 0.5) is 0 Å². The molecule has 0 aliphatic carbocycles. The highest BCUT2D eigenvalue weighted by Crippen LogP contribution is 2.14. The Hall–Kier alpha value is -0.800. The summed E-state index contributed by atoms with van der Waals surface area (Å²) in [7, 11) is 2.05. The standard InChI is InChI=1S/C11H20N2O/c1-8-6-7-13(3)10(8)5-4-9(2)11(12)14/h6-7,9,11,14H,4-5,12H2,1-3H3. The van der Waals surface area contributed by atoms with E-state index < -0.39 is 6.23 Å². The van der Waals surface area contributed by atoms with Crippen LogP contribution in [0.5, 0.6) is 0 Å². The SMILES string of the molecule is Cc1ccn(C)c1CCC(C)C(N)O. The van der Waals surface area contributed by atoms with E-state index in [0.717, 1.165) is 12.8 Å². The van der Waals surface area contributed by atoms with Crippen LogP contribution in [-0.2, 0) is 13.5 Å². The van der Waals surface area contributed by atoms with Gasteiger partial charge in [0, 0.05) is 18.9 Å². The molecule has 3 N–H and O–H groups in total. The van der Waals surface area contributed by atoms with Crippen molar-refractivity contribution in [2.75, 3.05) is 0 Å². The lowest BCUT2D eigenvalue weighted by atomic mass is 10.0. The number of aliphatic hydroxyl groups excluding tert-OH is 1. The van der Waals surface area contributed by atoms with Crippen molar-refractivity contribution < 1.29 is 5.11 Å². The number of rotatable bonds is 4. The third kappa shape index (κ3) is 2.59. The molecule has 14 heavy (non-hydrogen) atoms. The van der Waals surface area contributed by atoms with Gasteiger partial charge in [-0.25, -0.2) is 0 Å². The Morgan fingerprint density at radius 1 is 1.57 bits per heavy atom. The van der Waals surface area contributed by atoms with E-state index in [-0.39, 0.29) is 5.92 Å². The van der Waals surface area contributed by atoms with Crippen molar-refractivity contribution in [3.63, 3.8) is 0 Å². The molecule has 1 aromatic rings. The summed E-state index contributed by atoms with van der Waals surface area (Å²) in [5.74, 6) is 0.157. The molecule has 0 fully saturated rings. The van der Waals surface area contributed by atoms with Crippen LogP contribution >= 0.6 is 0 Å². The molecule has 2 atom stereocenters. The predicted octanol–water partition coefficient (Wildman–Crippen LogP) is 1.18. The van der Waals surface area contributed by atoms with Gasteiger partial charge < -0.3 is 15.4 Å². The summed E-state index contributed by atoms with van der Waals surface area (Å²) in [4.78, 5) is 0. The second-order valence-corrected chi connectivity index (χ2v) is 4.06. The summed E-state index contributed by atoms with van der Waals surface area (Å²) < 4.78 is 2.13. The van der Waals surface area contributed by atoms with Crippen molar-refractivity contribution >= 4 is 0 Å². The van der Waals surface area contributed by atoms with Gasteiger partial charge in [-0.05, 0) is 37.3 Å². The summed E-state index contributed by atoms with van der Waals surface area (Å²) >= 11 is 0. The van der Waals surface area contributed by atoms with Crippen molar-refractivity contribution in [2.24, 2.45) is 18.7 Å². The topological polar surface area (TPSA) is 51.2 Å². The van der Waals surface area contributed by atoms with Gasteiger partial charge in [-0.15, -0.1) is 0 Å². The molecule has 0 amide bonds. The zero-order valence-electron chi connectivity index (χ0n) is 9.20. The second-order valence-electron chi connectivity index (χ2n) is 4.06. The summed E-state index contributed by atoms with van der Waals surface area (Å²) in [5, 5.41) is 9.16. The van der Waals surface area contributed by atoms with Crippen LogP contribution in [0, 0.1) is 12.8 Å². The number of aliphatic hydroxyl groups is 1. The monoisotopic (exact) mass is 196 g/mol. The van der Waals surface area contributed by atoms with E-state index in [9.17, 15) is 0 Å². The van der Waals surface area contributed by atoms with Gasteiger partial charge in [0.05, 0.1) is 0 Å². The molecular weight excluding hydrogens is 176 g/mol. The van der Waals surface area contributed by atoms with E-state index in [1.54, 1.807) is 0 Å². The largest absolute Gasteiger partial charge is 0.379 e. The fraction of sp³-hybridized carbons (Fsp3) is 0.636. The fourth-order valence-electron chi connectivity index (χ4n) is 1.60. The van der Waals surface area contributed by atoms with Crippen molar-refractivity contribution in [3.05, 3.63) is 23.5 Å². The first-order valence-electron chi connectivity index (χ1n) is 5.07. The highest BCUT2D eigenvalue weighted by molar-refractivity contribution is 5.20. The quantitative estimate of drug-likeness (QED) is 0.710. The molecule has 1 aromatic heterocycles.